The van der Waals surface area contributed by atoms with Crippen LogP contribution in [-0.2, 0) is 10.9 Å². The molecule has 1 aromatic carbocycles. The number of carbonyl (C=O) groups excluding carboxylic acids is 1. The van der Waals surface area contributed by atoms with Crippen molar-refractivity contribution in [1.82, 2.24) is 9.88 Å². The maximum Gasteiger partial charge on any atom is 0.417 e. The van der Waals surface area contributed by atoms with Crippen molar-refractivity contribution in [3.05, 3.63) is 48.2 Å². The minimum absolute atomic E-state index is 0.0721. The highest BCUT2D eigenvalue weighted by atomic mass is 19.4. The van der Waals surface area contributed by atoms with Crippen LogP contribution in [0.5, 0.6) is 11.6 Å². The summed E-state index contributed by atoms with van der Waals surface area (Å²) in [6.45, 7) is 7.59. The Morgan fingerprint density at radius 2 is 1.67 bits per heavy atom. The van der Waals surface area contributed by atoms with Gasteiger partial charge in [-0.1, -0.05) is 12.1 Å². The molecule has 0 unspecified atom stereocenters. The largest absolute Gasteiger partial charge is 0.444 e. The number of hydrogen-bond donors (Lipinski definition) is 0. The Kier molecular flexibility index (Phi) is 6.09. The predicted octanol–water partition coefficient (Wildman–Crippen LogP) is 4.95. The highest BCUT2D eigenvalue weighted by Crippen LogP contribution is 2.34. The summed E-state index contributed by atoms with van der Waals surface area (Å²) in [7, 11) is 0. The topological polar surface area (TPSA) is 54.9 Å². The second kappa shape index (κ2) is 8.41. The van der Waals surface area contributed by atoms with Gasteiger partial charge in [0.1, 0.15) is 5.60 Å². The van der Waals surface area contributed by atoms with Crippen LogP contribution < -0.4 is 9.64 Å². The molecule has 1 fully saturated rings. The van der Waals surface area contributed by atoms with Crippen molar-refractivity contribution in [2.75, 3.05) is 31.1 Å². The lowest BCUT2D eigenvalue weighted by Gasteiger charge is -2.37. The minimum Gasteiger partial charge on any atom is -0.444 e. The summed E-state index contributed by atoms with van der Waals surface area (Å²) < 4.78 is 49.3. The number of pyridine rings is 1. The smallest absolute Gasteiger partial charge is 0.417 e. The van der Waals surface area contributed by atoms with Crippen LogP contribution in [0.3, 0.4) is 0 Å². The fourth-order valence-electron chi connectivity index (χ4n) is 2.98. The molecule has 9 heteroatoms. The zero-order chi connectivity index (χ0) is 21.9. The number of hydrogen-bond acceptors (Lipinski definition) is 5. The van der Waals surface area contributed by atoms with Crippen LogP contribution in [0.2, 0.25) is 0 Å². The van der Waals surface area contributed by atoms with Crippen molar-refractivity contribution >= 4 is 11.8 Å². The molecule has 1 saturated heterocycles. The molecule has 2 heterocycles. The molecular weight excluding hydrogens is 399 g/mol. The first-order valence-corrected chi connectivity index (χ1v) is 9.56. The molecule has 0 aliphatic carbocycles. The van der Waals surface area contributed by atoms with Crippen LogP contribution in [-0.4, -0.2) is 47.8 Å². The SMILES string of the molecule is CC(C)(C)OC(=O)N1CCN(c2ccccc2Oc2ccc(C(F)(F)F)cn2)CC1. The molecule has 6 nitrogen and oxygen atoms in total. The molecule has 0 saturated carbocycles. The van der Waals surface area contributed by atoms with Crippen molar-refractivity contribution in [2.45, 2.75) is 32.5 Å². The predicted molar refractivity (Wildman–Crippen MR) is 106 cm³/mol. The highest BCUT2D eigenvalue weighted by Gasteiger charge is 2.31. The number of aromatic nitrogens is 1. The molecule has 1 aliphatic heterocycles. The van der Waals surface area contributed by atoms with Crippen LogP contribution >= 0.6 is 0 Å². The average molecular weight is 423 g/mol. The van der Waals surface area contributed by atoms with Crippen molar-refractivity contribution < 1.29 is 27.4 Å². The van der Waals surface area contributed by atoms with E-state index in [1.54, 1.807) is 17.0 Å². The van der Waals surface area contributed by atoms with Crippen LogP contribution in [0.1, 0.15) is 26.3 Å². The molecular formula is C21H24F3N3O3. The number of nitrogens with zero attached hydrogens (tertiary/aromatic N) is 3. The Bertz CT molecular complexity index is 872. The van der Waals surface area contributed by atoms with E-state index in [2.05, 4.69) is 9.88 Å². The fraction of sp³-hybridized carbons (Fsp3) is 0.429. The monoisotopic (exact) mass is 423 g/mol. The Morgan fingerprint density at radius 1 is 1.00 bits per heavy atom. The van der Waals surface area contributed by atoms with Crippen molar-refractivity contribution in [3.8, 4) is 11.6 Å². The maximum atomic E-state index is 12.7. The summed E-state index contributed by atoms with van der Waals surface area (Å²) >= 11 is 0. The summed E-state index contributed by atoms with van der Waals surface area (Å²) in [6, 6.07) is 9.35. The van der Waals surface area contributed by atoms with E-state index >= 15 is 0 Å². The number of amides is 1. The number of carbonyl (C=O) groups is 1. The standard InChI is InChI=1S/C21H24F3N3O3/c1-20(2,3)30-19(28)27-12-10-26(11-13-27)16-6-4-5-7-17(16)29-18-9-8-15(14-25-18)21(22,23)24/h4-9,14H,10-13H2,1-3H3. The van der Waals surface area contributed by atoms with E-state index in [0.29, 0.717) is 31.9 Å². The van der Waals surface area contributed by atoms with Crippen molar-refractivity contribution in [2.24, 2.45) is 0 Å². The van der Waals surface area contributed by atoms with Crippen molar-refractivity contribution in [3.63, 3.8) is 0 Å². The third-order valence-electron chi connectivity index (χ3n) is 4.42. The molecule has 0 bridgehead atoms. The normalized spacial score (nSPS) is 15.1. The van der Waals surface area contributed by atoms with E-state index in [9.17, 15) is 18.0 Å². The molecule has 0 radical (unpaired) electrons. The lowest BCUT2D eigenvalue weighted by atomic mass is 10.2. The lowest BCUT2D eigenvalue weighted by molar-refractivity contribution is -0.137. The number of alkyl halides is 3. The molecule has 0 spiro atoms. The van der Waals surface area contributed by atoms with Gasteiger partial charge in [-0.2, -0.15) is 13.2 Å². The van der Waals surface area contributed by atoms with Gasteiger partial charge in [0.05, 0.1) is 11.3 Å². The first kappa shape index (κ1) is 21.7. The Balaban J connectivity index is 1.67. The van der Waals surface area contributed by atoms with E-state index in [4.69, 9.17) is 9.47 Å². The lowest BCUT2D eigenvalue weighted by Crippen LogP contribution is -2.50. The third kappa shape index (κ3) is 5.55. The molecule has 2 aromatic rings. The average Bonchev–Trinajstić information content (AvgIpc) is 2.67. The fourth-order valence-corrected chi connectivity index (χ4v) is 2.98. The number of piperazine rings is 1. The first-order chi connectivity index (χ1) is 14.0. The number of benzene rings is 1. The van der Waals surface area contributed by atoms with Gasteiger partial charge < -0.3 is 19.3 Å². The summed E-state index contributed by atoms with van der Waals surface area (Å²) in [5.41, 5.74) is -0.604. The number of anilines is 1. The number of halogens is 3. The number of ether oxygens (including phenoxy) is 2. The van der Waals surface area contributed by atoms with Gasteiger partial charge in [0.15, 0.2) is 5.75 Å². The maximum absolute atomic E-state index is 12.7. The van der Waals surface area contributed by atoms with Gasteiger partial charge in [-0.15, -0.1) is 0 Å². The molecule has 0 N–H and O–H groups in total. The summed E-state index contributed by atoms with van der Waals surface area (Å²) in [5.74, 6) is 0.554. The van der Waals surface area contributed by atoms with Crippen LogP contribution in [0, 0.1) is 0 Å². The first-order valence-electron chi connectivity index (χ1n) is 9.56. The van der Waals surface area contributed by atoms with E-state index < -0.39 is 17.3 Å². The third-order valence-corrected chi connectivity index (χ3v) is 4.42. The summed E-state index contributed by atoms with van der Waals surface area (Å²) in [6.07, 6.45) is -4.05. The van der Waals surface area contributed by atoms with Crippen LogP contribution in [0.25, 0.3) is 0 Å². The van der Waals surface area contributed by atoms with Gasteiger partial charge in [-0.05, 0) is 39.0 Å². The van der Waals surface area contributed by atoms with Gasteiger partial charge in [-0.25, -0.2) is 9.78 Å². The van der Waals surface area contributed by atoms with Gasteiger partial charge in [-0.3, -0.25) is 0 Å². The molecule has 0 atom stereocenters. The molecule has 1 amide bonds. The highest BCUT2D eigenvalue weighted by molar-refractivity contribution is 5.69. The zero-order valence-electron chi connectivity index (χ0n) is 17.1. The minimum atomic E-state index is -4.45. The summed E-state index contributed by atoms with van der Waals surface area (Å²) in [5, 5.41) is 0. The van der Waals surface area contributed by atoms with Crippen molar-refractivity contribution in [1.29, 1.82) is 0 Å². The number of rotatable bonds is 3. The summed E-state index contributed by atoms with van der Waals surface area (Å²) in [4.78, 5) is 19.7. The zero-order valence-corrected chi connectivity index (χ0v) is 17.1. The quantitative estimate of drug-likeness (QED) is 0.699. The van der Waals surface area contributed by atoms with E-state index in [-0.39, 0.29) is 12.0 Å². The van der Waals surface area contributed by atoms with E-state index in [0.717, 1.165) is 18.0 Å². The van der Waals surface area contributed by atoms with Gasteiger partial charge in [0.25, 0.3) is 0 Å². The van der Waals surface area contributed by atoms with Crippen LogP contribution in [0.4, 0.5) is 23.7 Å². The van der Waals surface area contributed by atoms with Crippen LogP contribution in [0.15, 0.2) is 42.6 Å². The van der Waals surface area contributed by atoms with Gasteiger partial charge >= 0.3 is 12.3 Å². The Hall–Kier alpha value is -2.97. The second-order valence-corrected chi connectivity index (χ2v) is 7.91. The van der Waals surface area contributed by atoms with Gasteiger partial charge in [0.2, 0.25) is 5.88 Å². The Morgan fingerprint density at radius 3 is 2.23 bits per heavy atom. The molecule has 1 aromatic heterocycles. The second-order valence-electron chi connectivity index (χ2n) is 7.91. The molecule has 1 aliphatic rings. The number of para-hydroxylation sites is 2. The van der Waals surface area contributed by atoms with E-state index in [1.807, 2.05) is 32.9 Å². The molecule has 3 rings (SSSR count). The molecule has 162 valence electrons. The van der Waals surface area contributed by atoms with Gasteiger partial charge in [0, 0.05) is 38.4 Å². The molecule has 30 heavy (non-hydrogen) atoms. The van der Waals surface area contributed by atoms with E-state index in [1.165, 1.54) is 6.07 Å². The Labute approximate surface area is 173 Å².